The van der Waals surface area contributed by atoms with Gasteiger partial charge < -0.3 is 15.1 Å². The van der Waals surface area contributed by atoms with E-state index in [1.807, 2.05) is 19.0 Å². The van der Waals surface area contributed by atoms with Crippen molar-refractivity contribution in [2.24, 2.45) is 11.8 Å². The van der Waals surface area contributed by atoms with Gasteiger partial charge in [-0.1, -0.05) is 13.8 Å². The van der Waals surface area contributed by atoms with Gasteiger partial charge in [0.2, 0.25) is 5.91 Å². The zero-order chi connectivity index (χ0) is 12.8. The molecule has 1 amide bonds. The smallest absolute Gasteiger partial charge is 0.227 e. The Morgan fingerprint density at radius 2 is 1.94 bits per heavy atom. The van der Waals surface area contributed by atoms with Crippen LogP contribution in [0.2, 0.25) is 0 Å². The summed E-state index contributed by atoms with van der Waals surface area (Å²) >= 11 is 0. The van der Waals surface area contributed by atoms with Crippen molar-refractivity contribution in [2.75, 3.05) is 46.8 Å². The van der Waals surface area contributed by atoms with E-state index in [0.717, 1.165) is 39.1 Å². The number of nitrogens with one attached hydrogen (secondary N) is 1. The van der Waals surface area contributed by atoms with Crippen molar-refractivity contribution in [2.45, 2.75) is 20.3 Å². The summed E-state index contributed by atoms with van der Waals surface area (Å²) < 4.78 is 0. The maximum atomic E-state index is 12.4. The summed E-state index contributed by atoms with van der Waals surface area (Å²) in [6.45, 7) is 8.80. The number of hydrogen-bond donors (Lipinski definition) is 1. The first-order chi connectivity index (χ1) is 8.06. The van der Waals surface area contributed by atoms with Crippen molar-refractivity contribution in [3.63, 3.8) is 0 Å². The van der Waals surface area contributed by atoms with Crippen LogP contribution in [-0.4, -0.2) is 62.5 Å². The summed E-state index contributed by atoms with van der Waals surface area (Å²) in [7, 11) is 4.10. The molecule has 0 saturated carbocycles. The van der Waals surface area contributed by atoms with E-state index in [1.54, 1.807) is 0 Å². The second kappa shape index (κ2) is 6.97. The molecule has 2 atom stereocenters. The molecule has 1 rings (SSSR count). The van der Waals surface area contributed by atoms with Gasteiger partial charge in [-0.15, -0.1) is 0 Å². The largest absolute Gasteiger partial charge is 0.341 e. The summed E-state index contributed by atoms with van der Waals surface area (Å²) in [4.78, 5) is 16.6. The monoisotopic (exact) mass is 241 g/mol. The van der Waals surface area contributed by atoms with Crippen LogP contribution in [0.1, 0.15) is 20.3 Å². The average Bonchev–Trinajstić information content (AvgIpc) is 2.69. The van der Waals surface area contributed by atoms with Crippen molar-refractivity contribution in [3.05, 3.63) is 0 Å². The number of carbonyl (C=O) groups is 1. The van der Waals surface area contributed by atoms with Gasteiger partial charge >= 0.3 is 0 Å². The third-order valence-corrected chi connectivity index (χ3v) is 3.46. The highest BCUT2D eigenvalue weighted by atomic mass is 16.2. The predicted octanol–water partition coefficient (Wildman–Crippen LogP) is 0.642. The highest BCUT2D eigenvalue weighted by Gasteiger charge is 2.32. The SMILES string of the molecule is CCCN(CCN(C)C)C(=O)C1CNCC1C. The van der Waals surface area contributed by atoms with E-state index >= 15 is 0 Å². The fourth-order valence-corrected chi connectivity index (χ4v) is 2.30. The summed E-state index contributed by atoms with van der Waals surface area (Å²) in [5.74, 6) is 0.996. The summed E-state index contributed by atoms with van der Waals surface area (Å²) in [6, 6.07) is 0. The van der Waals surface area contributed by atoms with E-state index in [2.05, 4.69) is 24.1 Å². The molecule has 1 saturated heterocycles. The standard InChI is InChI=1S/C13H27N3O/c1-5-6-16(8-7-15(3)4)13(17)12-10-14-9-11(12)2/h11-12,14H,5-10H2,1-4H3. The van der Waals surface area contributed by atoms with Crippen LogP contribution in [0, 0.1) is 11.8 Å². The minimum atomic E-state index is 0.184. The number of amides is 1. The molecule has 0 spiro atoms. The molecule has 0 aliphatic carbocycles. The second-order valence-electron chi connectivity index (χ2n) is 5.37. The maximum Gasteiger partial charge on any atom is 0.227 e. The van der Waals surface area contributed by atoms with Crippen LogP contribution >= 0.6 is 0 Å². The lowest BCUT2D eigenvalue weighted by Crippen LogP contribution is -2.42. The fraction of sp³-hybridized carbons (Fsp3) is 0.923. The first-order valence-electron chi connectivity index (χ1n) is 6.70. The number of rotatable bonds is 6. The van der Waals surface area contributed by atoms with Crippen molar-refractivity contribution in [1.29, 1.82) is 0 Å². The highest BCUT2D eigenvalue weighted by Crippen LogP contribution is 2.18. The molecule has 1 aliphatic rings. The Balaban J connectivity index is 2.53. The van der Waals surface area contributed by atoms with E-state index < -0.39 is 0 Å². The second-order valence-corrected chi connectivity index (χ2v) is 5.37. The first kappa shape index (κ1) is 14.5. The number of hydrogen-bond acceptors (Lipinski definition) is 3. The highest BCUT2D eigenvalue weighted by molar-refractivity contribution is 5.79. The van der Waals surface area contributed by atoms with E-state index in [4.69, 9.17) is 0 Å². The van der Waals surface area contributed by atoms with Crippen LogP contribution in [0.15, 0.2) is 0 Å². The van der Waals surface area contributed by atoms with Crippen LogP contribution < -0.4 is 5.32 Å². The van der Waals surface area contributed by atoms with Gasteiger partial charge in [-0.25, -0.2) is 0 Å². The molecule has 2 unspecified atom stereocenters. The lowest BCUT2D eigenvalue weighted by atomic mass is 9.96. The van der Waals surface area contributed by atoms with E-state index in [0.29, 0.717) is 11.8 Å². The first-order valence-corrected chi connectivity index (χ1v) is 6.70. The third kappa shape index (κ3) is 4.28. The molecule has 17 heavy (non-hydrogen) atoms. The Bertz CT molecular complexity index is 243. The Labute approximate surface area is 105 Å². The van der Waals surface area contributed by atoms with Gasteiger partial charge in [0.1, 0.15) is 0 Å². The Morgan fingerprint density at radius 3 is 2.41 bits per heavy atom. The van der Waals surface area contributed by atoms with E-state index in [-0.39, 0.29) is 5.92 Å². The van der Waals surface area contributed by atoms with Gasteiger partial charge in [-0.2, -0.15) is 0 Å². The fourth-order valence-electron chi connectivity index (χ4n) is 2.30. The third-order valence-electron chi connectivity index (χ3n) is 3.46. The lowest BCUT2D eigenvalue weighted by molar-refractivity contribution is -0.136. The van der Waals surface area contributed by atoms with E-state index in [1.165, 1.54) is 0 Å². The van der Waals surface area contributed by atoms with E-state index in [9.17, 15) is 4.79 Å². The summed E-state index contributed by atoms with van der Waals surface area (Å²) in [5.41, 5.74) is 0. The number of carbonyl (C=O) groups excluding carboxylic acids is 1. The normalized spacial score (nSPS) is 24.3. The van der Waals surface area contributed by atoms with Crippen molar-refractivity contribution in [3.8, 4) is 0 Å². The van der Waals surface area contributed by atoms with Crippen LogP contribution in [0.25, 0.3) is 0 Å². The van der Waals surface area contributed by atoms with Crippen LogP contribution in [-0.2, 0) is 4.79 Å². The number of nitrogens with zero attached hydrogens (tertiary/aromatic N) is 2. The van der Waals surface area contributed by atoms with Crippen LogP contribution in [0.5, 0.6) is 0 Å². The zero-order valence-electron chi connectivity index (χ0n) is 11.7. The molecule has 1 aliphatic heterocycles. The molecule has 0 aromatic heterocycles. The van der Waals surface area contributed by atoms with Gasteiger partial charge in [-0.05, 0) is 33.0 Å². The van der Waals surface area contributed by atoms with Crippen LogP contribution in [0.3, 0.4) is 0 Å². The molecule has 0 bridgehead atoms. The Kier molecular flexibility index (Phi) is 5.92. The van der Waals surface area contributed by atoms with Crippen LogP contribution in [0.4, 0.5) is 0 Å². The summed E-state index contributed by atoms with van der Waals surface area (Å²) in [6.07, 6.45) is 1.04. The van der Waals surface area contributed by atoms with Crippen molar-refractivity contribution < 1.29 is 4.79 Å². The number of likely N-dealkylation sites (N-methyl/N-ethyl adjacent to an activating group) is 1. The van der Waals surface area contributed by atoms with Crippen molar-refractivity contribution >= 4 is 5.91 Å². The van der Waals surface area contributed by atoms with Gasteiger partial charge in [0.15, 0.2) is 0 Å². The topological polar surface area (TPSA) is 35.6 Å². The molecule has 1 heterocycles. The van der Waals surface area contributed by atoms with Gasteiger partial charge in [0.05, 0.1) is 5.92 Å². The summed E-state index contributed by atoms with van der Waals surface area (Å²) in [5, 5.41) is 3.31. The van der Waals surface area contributed by atoms with Gasteiger partial charge in [0, 0.05) is 26.2 Å². The average molecular weight is 241 g/mol. The van der Waals surface area contributed by atoms with Gasteiger partial charge in [-0.3, -0.25) is 4.79 Å². The molecule has 4 nitrogen and oxygen atoms in total. The molecule has 0 radical (unpaired) electrons. The molecule has 1 N–H and O–H groups in total. The molecule has 4 heteroatoms. The molecule has 1 fully saturated rings. The zero-order valence-corrected chi connectivity index (χ0v) is 11.7. The Hall–Kier alpha value is -0.610. The van der Waals surface area contributed by atoms with Gasteiger partial charge in [0.25, 0.3) is 0 Å². The molecule has 0 aromatic carbocycles. The molecule has 0 aromatic rings. The minimum absolute atomic E-state index is 0.184. The quantitative estimate of drug-likeness (QED) is 0.741. The Morgan fingerprint density at radius 1 is 1.24 bits per heavy atom. The van der Waals surface area contributed by atoms with Crippen molar-refractivity contribution in [1.82, 2.24) is 15.1 Å². The molecular formula is C13H27N3O. The molecule has 100 valence electrons. The minimum Gasteiger partial charge on any atom is -0.341 e. The predicted molar refractivity (Wildman–Crippen MR) is 70.9 cm³/mol. The lowest BCUT2D eigenvalue weighted by Gasteiger charge is -2.27. The maximum absolute atomic E-state index is 12.4. The molecular weight excluding hydrogens is 214 g/mol.